The molecule has 0 bridgehead atoms. The van der Waals surface area contributed by atoms with Gasteiger partial charge in [-0.15, -0.1) is 0 Å². The molecule has 2 aliphatic rings. The van der Waals surface area contributed by atoms with Crippen molar-refractivity contribution in [3.63, 3.8) is 0 Å². The molecule has 0 radical (unpaired) electrons. The number of ether oxygens (including phenoxy) is 2. The molecule has 2 saturated heterocycles. The molecule has 0 aromatic heterocycles. The Morgan fingerprint density at radius 2 is 1.48 bits per heavy atom. The van der Waals surface area contributed by atoms with E-state index in [2.05, 4.69) is 4.74 Å². The molecule has 1 aromatic rings. The highest BCUT2D eigenvalue weighted by Gasteiger charge is 2.40. The van der Waals surface area contributed by atoms with Gasteiger partial charge in [-0.2, -0.15) is 13.1 Å². The van der Waals surface area contributed by atoms with Crippen molar-refractivity contribution in [1.29, 1.82) is 0 Å². The minimum absolute atomic E-state index is 0.125. The molecule has 1 aromatic carbocycles. The summed E-state index contributed by atoms with van der Waals surface area (Å²) in [6, 6.07) is 0. The van der Waals surface area contributed by atoms with Gasteiger partial charge in [0.05, 0.1) is 20.3 Å². The lowest BCUT2D eigenvalue weighted by Crippen LogP contribution is -2.47. The summed E-state index contributed by atoms with van der Waals surface area (Å²) in [5.74, 6) is -9.87. The Balaban J connectivity index is 1.79. The normalized spacial score (nSPS) is 19.4. The van der Waals surface area contributed by atoms with Crippen LogP contribution in [0.1, 0.15) is 12.8 Å². The molecule has 3 rings (SSSR count). The fourth-order valence-electron chi connectivity index (χ4n) is 3.51. The smallest absolute Gasteiger partial charge is 0.249 e. The van der Waals surface area contributed by atoms with E-state index in [1.165, 1.54) is 0 Å². The van der Waals surface area contributed by atoms with Gasteiger partial charge in [-0.05, 0) is 12.8 Å². The van der Waals surface area contributed by atoms with Crippen LogP contribution in [-0.2, 0) is 19.6 Å². The Morgan fingerprint density at radius 3 is 1.97 bits per heavy atom. The Morgan fingerprint density at radius 1 is 0.966 bits per heavy atom. The zero-order chi connectivity index (χ0) is 21.3. The lowest BCUT2D eigenvalue weighted by Gasteiger charge is -2.35. The van der Waals surface area contributed by atoms with Crippen LogP contribution in [-0.4, -0.2) is 70.0 Å². The molecule has 162 valence electrons. The van der Waals surface area contributed by atoms with Crippen LogP contribution in [0.2, 0.25) is 0 Å². The van der Waals surface area contributed by atoms with Gasteiger partial charge in [0.25, 0.3) is 0 Å². The molecule has 1 amide bonds. The first-order valence-corrected chi connectivity index (χ1v) is 10.4. The van der Waals surface area contributed by atoms with Crippen LogP contribution in [0.3, 0.4) is 0 Å². The predicted octanol–water partition coefficient (Wildman–Crippen LogP) is 1.51. The van der Waals surface area contributed by atoms with Crippen LogP contribution >= 0.6 is 0 Å². The van der Waals surface area contributed by atoms with E-state index in [9.17, 15) is 30.8 Å². The number of amides is 1. The fourth-order valence-corrected chi connectivity index (χ4v) is 5.09. The molecule has 0 spiro atoms. The second-order valence-electron chi connectivity index (χ2n) is 6.73. The van der Waals surface area contributed by atoms with Gasteiger partial charge in [-0.25, -0.2) is 17.2 Å². The number of piperidine rings is 1. The molecule has 0 atom stereocenters. The summed E-state index contributed by atoms with van der Waals surface area (Å²) in [7, 11) is -4.07. The van der Waals surface area contributed by atoms with Crippen LogP contribution in [0.15, 0.2) is 4.90 Å². The molecule has 2 aliphatic heterocycles. The molecule has 0 aliphatic carbocycles. The first kappa shape index (κ1) is 21.8. The summed E-state index contributed by atoms with van der Waals surface area (Å²) in [6.45, 7) is 1.31. The average molecular weight is 440 g/mol. The Kier molecular flexibility index (Phi) is 6.34. The number of carbonyl (C=O) groups is 1. The summed E-state index contributed by atoms with van der Waals surface area (Å²) in [5, 5.41) is 0. The van der Waals surface area contributed by atoms with E-state index in [0.717, 1.165) is 11.4 Å². The summed E-state index contributed by atoms with van der Waals surface area (Å²) in [4.78, 5) is 12.4. The minimum Gasteiger partial charge on any atom is -0.491 e. The van der Waals surface area contributed by atoms with E-state index in [1.54, 1.807) is 4.90 Å². The molecule has 0 unspecified atom stereocenters. The van der Waals surface area contributed by atoms with Gasteiger partial charge >= 0.3 is 0 Å². The third-order valence-electron chi connectivity index (χ3n) is 5.11. The number of benzene rings is 1. The number of methoxy groups -OCH3 is 1. The van der Waals surface area contributed by atoms with Gasteiger partial charge in [0.1, 0.15) is 0 Å². The van der Waals surface area contributed by atoms with Crippen LogP contribution in [0.5, 0.6) is 5.75 Å². The van der Waals surface area contributed by atoms with Crippen LogP contribution in [0, 0.1) is 29.2 Å². The minimum atomic E-state index is -4.86. The maximum atomic E-state index is 14.2. The van der Waals surface area contributed by atoms with E-state index in [0.29, 0.717) is 26.3 Å². The Hall–Kier alpha value is -1.92. The monoisotopic (exact) mass is 440 g/mol. The van der Waals surface area contributed by atoms with Crippen LogP contribution < -0.4 is 4.74 Å². The SMILES string of the molecule is COc1c(F)c(F)c(S(=O)(=O)N2CCC(C(=O)N3CCOCC3)CC2)c(F)c1F. The second kappa shape index (κ2) is 8.44. The summed E-state index contributed by atoms with van der Waals surface area (Å²) < 4.78 is 91.9. The van der Waals surface area contributed by atoms with Crippen molar-refractivity contribution >= 4 is 15.9 Å². The number of carbonyl (C=O) groups excluding carboxylic acids is 1. The van der Waals surface area contributed by atoms with Gasteiger partial charge in [0.2, 0.25) is 27.6 Å². The van der Waals surface area contributed by atoms with Gasteiger partial charge in [-0.3, -0.25) is 4.79 Å². The van der Waals surface area contributed by atoms with E-state index in [1.807, 2.05) is 0 Å². The number of morpholine rings is 1. The molecular formula is C17H20F4N2O5S. The lowest BCUT2D eigenvalue weighted by molar-refractivity contribution is -0.140. The molecule has 2 heterocycles. The van der Waals surface area contributed by atoms with Gasteiger partial charge in [0, 0.05) is 32.1 Å². The molecular weight excluding hydrogens is 420 g/mol. The third-order valence-corrected chi connectivity index (χ3v) is 7.03. The van der Waals surface area contributed by atoms with E-state index < -0.39 is 49.9 Å². The number of rotatable bonds is 4. The topological polar surface area (TPSA) is 76.2 Å². The predicted molar refractivity (Wildman–Crippen MR) is 91.7 cm³/mol. The van der Waals surface area contributed by atoms with Gasteiger partial charge < -0.3 is 14.4 Å². The lowest BCUT2D eigenvalue weighted by atomic mass is 9.96. The van der Waals surface area contributed by atoms with Crippen molar-refractivity contribution in [3.8, 4) is 5.75 Å². The third kappa shape index (κ3) is 3.92. The largest absolute Gasteiger partial charge is 0.491 e. The van der Waals surface area contributed by atoms with E-state index in [4.69, 9.17) is 4.74 Å². The fraction of sp³-hybridized carbons (Fsp3) is 0.588. The zero-order valence-corrected chi connectivity index (χ0v) is 16.4. The zero-order valence-electron chi connectivity index (χ0n) is 15.6. The number of hydrogen-bond acceptors (Lipinski definition) is 5. The van der Waals surface area contributed by atoms with E-state index in [-0.39, 0.29) is 31.8 Å². The molecule has 0 saturated carbocycles. The van der Waals surface area contributed by atoms with Crippen molar-refractivity contribution < 1.29 is 40.2 Å². The van der Waals surface area contributed by atoms with Crippen LogP contribution in [0.25, 0.3) is 0 Å². The molecule has 7 nitrogen and oxygen atoms in total. The highest BCUT2D eigenvalue weighted by Crippen LogP contribution is 2.35. The summed E-state index contributed by atoms with van der Waals surface area (Å²) in [6.07, 6.45) is 0.250. The molecule has 0 N–H and O–H groups in total. The van der Waals surface area contributed by atoms with Crippen molar-refractivity contribution in [2.75, 3.05) is 46.5 Å². The van der Waals surface area contributed by atoms with E-state index >= 15 is 0 Å². The summed E-state index contributed by atoms with van der Waals surface area (Å²) >= 11 is 0. The Labute approximate surface area is 165 Å². The average Bonchev–Trinajstić information content (AvgIpc) is 2.73. The molecule has 12 heteroatoms. The second-order valence-corrected chi connectivity index (χ2v) is 8.61. The van der Waals surface area contributed by atoms with Crippen LogP contribution in [0.4, 0.5) is 17.6 Å². The number of nitrogens with zero attached hydrogens (tertiary/aromatic N) is 2. The first-order valence-electron chi connectivity index (χ1n) is 8.96. The van der Waals surface area contributed by atoms with Crippen molar-refractivity contribution in [1.82, 2.24) is 9.21 Å². The number of sulfonamides is 1. The quantitative estimate of drug-likeness (QED) is 0.524. The number of hydrogen-bond donors (Lipinski definition) is 0. The first-order chi connectivity index (χ1) is 13.7. The highest BCUT2D eigenvalue weighted by atomic mass is 32.2. The molecule has 29 heavy (non-hydrogen) atoms. The maximum absolute atomic E-state index is 14.2. The number of halogens is 4. The standard InChI is InChI=1S/C17H20F4N2O5S/c1-27-15-11(18)13(20)16(14(21)12(15)19)29(25,26)23-4-2-10(3-5-23)17(24)22-6-8-28-9-7-22/h10H,2-9H2,1H3. The highest BCUT2D eigenvalue weighted by molar-refractivity contribution is 7.89. The maximum Gasteiger partial charge on any atom is 0.249 e. The van der Waals surface area contributed by atoms with Crippen molar-refractivity contribution in [3.05, 3.63) is 23.3 Å². The van der Waals surface area contributed by atoms with Gasteiger partial charge in [-0.1, -0.05) is 0 Å². The van der Waals surface area contributed by atoms with Crippen molar-refractivity contribution in [2.24, 2.45) is 5.92 Å². The Bertz CT molecular complexity index is 869. The van der Waals surface area contributed by atoms with Gasteiger partial charge in [0.15, 0.2) is 22.3 Å². The summed E-state index contributed by atoms with van der Waals surface area (Å²) in [5.41, 5.74) is 0. The molecule has 2 fully saturated rings. The van der Waals surface area contributed by atoms with Crippen molar-refractivity contribution in [2.45, 2.75) is 17.7 Å².